The largest absolute Gasteiger partial charge is 0.399 e. The zero-order valence-electron chi connectivity index (χ0n) is 9.53. The highest BCUT2D eigenvalue weighted by atomic mass is 16.3. The number of nitrogens with one attached hydrogen (secondary N) is 1. The predicted octanol–water partition coefficient (Wildman–Crippen LogP) is 0.656. The van der Waals surface area contributed by atoms with Crippen molar-refractivity contribution in [3.05, 3.63) is 18.2 Å². The molecule has 0 aliphatic carbocycles. The zero-order chi connectivity index (χ0) is 12.1. The number of hydrogen-bond acceptors (Lipinski definition) is 4. The van der Waals surface area contributed by atoms with Gasteiger partial charge in [0.1, 0.15) is 0 Å². The van der Waals surface area contributed by atoms with E-state index in [4.69, 9.17) is 10.8 Å². The van der Waals surface area contributed by atoms with E-state index in [0.717, 1.165) is 5.69 Å². The molecule has 0 fully saturated rings. The lowest BCUT2D eigenvalue weighted by Crippen LogP contribution is -2.23. The minimum absolute atomic E-state index is 0.0559. The third kappa shape index (κ3) is 3.13. The molecule has 5 nitrogen and oxygen atoms in total. The first-order valence-corrected chi connectivity index (χ1v) is 5.03. The number of carbonyl (C=O) groups excluding carboxylic acids is 1. The van der Waals surface area contributed by atoms with Crippen LogP contribution in [0.25, 0.3) is 0 Å². The summed E-state index contributed by atoms with van der Waals surface area (Å²) in [6.45, 7) is 2.00. The van der Waals surface area contributed by atoms with Gasteiger partial charge in [0.25, 0.3) is 0 Å². The van der Waals surface area contributed by atoms with E-state index in [-0.39, 0.29) is 12.5 Å². The molecule has 0 aliphatic rings. The summed E-state index contributed by atoms with van der Waals surface area (Å²) in [5.74, 6) is -0.149. The molecule has 1 rings (SSSR count). The van der Waals surface area contributed by atoms with Crippen LogP contribution in [0.15, 0.2) is 18.2 Å². The molecule has 0 unspecified atom stereocenters. The molecule has 0 saturated heterocycles. The molecule has 0 spiro atoms. The van der Waals surface area contributed by atoms with Crippen molar-refractivity contribution in [2.24, 2.45) is 0 Å². The van der Waals surface area contributed by atoms with E-state index < -0.39 is 0 Å². The number of rotatable bonds is 4. The normalized spacial score (nSPS) is 9.94. The number of nitrogen functional groups attached to an aromatic ring is 1. The Kier molecular flexibility index (Phi) is 4.13. The minimum Gasteiger partial charge on any atom is -0.399 e. The van der Waals surface area contributed by atoms with Crippen LogP contribution in [0, 0.1) is 0 Å². The van der Waals surface area contributed by atoms with Gasteiger partial charge in [0, 0.05) is 26.2 Å². The molecule has 0 aliphatic heterocycles. The van der Waals surface area contributed by atoms with Crippen molar-refractivity contribution < 1.29 is 9.90 Å². The SMILES string of the molecule is CC(=O)Nc1cc(N)ccc1N(C)CCO. The molecular formula is C11H17N3O2. The third-order valence-corrected chi connectivity index (χ3v) is 2.18. The minimum atomic E-state index is -0.149. The van der Waals surface area contributed by atoms with Crippen LogP contribution in [-0.2, 0) is 4.79 Å². The summed E-state index contributed by atoms with van der Waals surface area (Å²) in [5, 5.41) is 11.6. The lowest BCUT2D eigenvalue weighted by molar-refractivity contribution is -0.114. The highest BCUT2D eigenvalue weighted by Crippen LogP contribution is 2.27. The van der Waals surface area contributed by atoms with Gasteiger partial charge >= 0.3 is 0 Å². The van der Waals surface area contributed by atoms with E-state index in [0.29, 0.717) is 17.9 Å². The lowest BCUT2D eigenvalue weighted by Gasteiger charge is -2.21. The van der Waals surface area contributed by atoms with Crippen molar-refractivity contribution in [2.75, 3.05) is 36.1 Å². The highest BCUT2D eigenvalue weighted by molar-refractivity contribution is 5.93. The first kappa shape index (κ1) is 12.3. The van der Waals surface area contributed by atoms with Crippen LogP contribution >= 0.6 is 0 Å². The molecule has 0 bridgehead atoms. The quantitative estimate of drug-likeness (QED) is 0.655. The Bertz CT molecular complexity index is 379. The first-order valence-electron chi connectivity index (χ1n) is 5.03. The average Bonchev–Trinajstić information content (AvgIpc) is 2.16. The molecule has 5 heteroatoms. The fourth-order valence-electron chi connectivity index (χ4n) is 1.45. The molecule has 4 N–H and O–H groups in total. The lowest BCUT2D eigenvalue weighted by atomic mass is 10.2. The molecule has 1 aromatic carbocycles. The van der Waals surface area contributed by atoms with E-state index >= 15 is 0 Å². The summed E-state index contributed by atoms with van der Waals surface area (Å²) >= 11 is 0. The first-order chi connectivity index (χ1) is 7.54. The number of aliphatic hydroxyl groups excluding tert-OH is 1. The van der Waals surface area contributed by atoms with Gasteiger partial charge in [0.15, 0.2) is 0 Å². The summed E-state index contributed by atoms with van der Waals surface area (Å²) in [6.07, 6.45) is 0. The van der Waals surface area contributed by atoms with Gasteiger partial charge in [-0.05, 0) is 18.2 Å². The number of nitrogens with zero attached hydrogens (tertiary/aromatic N) is 1. The van der Waals surface area contributed by atoms with Gasteiger partial charge in [-0.2, -0.15) is 0 Å². The van der Waals surface area contributed by atoms with Gasteiger partial charge in [-0.15, -0.1) is 0 Å². The van der Waals surface area contributed by atoms with Gasteiger partial charge < -0.3 is 21.1 Å². The number of likely N-dealkylation sites (N-methyl/N-ethyl adjacent to an activating group) is 1. The van der Waals surface area contributed by atoms with Gasteiger partial charge in [-0.1, -0.05) is 0 Å². The van der Waals surface area contributed by atoms with Crippen LogP contribution in [0.2, 0.25) is 0 Å². The zero-order valence-corrected chi connectivity index (χ0v) is 9.53. The second-order valence-electron chi connectivity index (χ2n) is 3.60. The maximum atomic E-state index is 11.0. The number of amides is 1. The molecule has 1 amide bonds. The fraction of sp³-hybridized carbons (Fsp3) is 0.364. The molecule has 0 heterocycles. The van der Waals surface area contributed by atoms with Crippen molar-refractivity contribution in [3.63, 3.8) is 0 Å². The van der Waals surface area contributed by atoms with Crippen molar-refractivity contribution in [1.29, 1.82) is 0 Å². The van der Waals surface area contributed by atoms with E-state index in [9.17, 15) is 4.79 Å². The van der Waals surface area contributed by atoms with Crippen molar-refractivity contribution in [3.8, 4) is 0 Å². The van der Waals surface area contributed by atoms with Gasteiger partial charge in [-0.3, -0.25) is 4.79 Å². The topological polar surface area (TPSA) is 78.6 Å². The van der Waals surface area contributed by atoms with Crippen molar-refractivity contribution in [2.45, 2.75) is 6.92 Å². The van der Waals surface area contributed by atoms with Gasteiger partial charge in [-0.25, -0.2) is 0 Å². The Labute approximate surface area is 94.9 Å². The summed E-state index contributed by atoms with van der Waals surface area (Å²) in [5.41, 5.74) is 7.73. The molecule has 1 aromatic rings. The van der Waals surface area contributed by atoms with Crippen LogP contribution in [-0.4, -0.2) is 31.2 Å². The summed E-state index contributed by atoms with van der Waals surface area (Å²) < 4.78 is 0. The summed E-state index contributed by atoms with van der Waals surface area (Å²) in [7, 11) is 1.84. The Balaban J connectivity index is 3.01. The summed E-state index contributed by atoms with van der Waals surface area (Å²) in [6, 6.07) is 5.27. The van der Waals surface area contributed by atoms with Crippen molar-refractivity contribution >= 4 is 23.0 Å². The number of carbonyl (C=O) groups is 1. The maximum absolute atomic E-state index is 11.0. The maximum Gasteiger partial charge on any atom is 0.221 e. The van der Waals surface area contributed by atoms with E-state index in [1.54, 1.807) is 12.1 Å². The average molecular weight is 223 g/mol. The molecule has 0 radical (unpaired) electrons. The summed E-state index contributed by atoms with van der Waals surface area (Å²) in [4.78, 5) is 12.9. The number of hydrogen-bond donors (Lipinski definition) is 3. The molecular weight excluding hydrogens is 206 g/mol. The van der Waals surface area contributed by atoms with Crippen LogP contribution < -0.4 is 16.0 Å². The van der Waals surface area contributed by atoms with Gasteiger partial charge in [0.2, 0.25) is 5.91 Å². The van der Waals surface area contributed by atoms with E-state index in [1.165, 1.54) is 6.92 Å². The van der Waals surface area contributed by atoms with Crippen LogP contribution in [0.4, 0.5) is 17.1 Å². The Morgan fingerprint density at radius 1 is 1.56 bits per heavy atom. The Hall–Kier alpha value is -1.75. The van der Waals surface area contributed by atoms with E-state index in [2.05, 4.69) is 5.32 Å². The Morgan fingerprint density at radius 3 is 2.81 bits per heavy atom. The number of anilines is 3. The van der Waals surface area contributed by atoms with Crippen LogP contribution in [0.1, 0.15) is 6.92 Å². The van der Waals surface area contributed by atoms with Crippen LogP contribution in [0.3, 0.4) is 0 Å². The second-order valence-corrected chi connectivity index (χ2v) is 3.60. The standard InChI is InChI=1S/C11H17N3O2/c1-8(16)13-10-7-9(12)3-4-11(10)14(2)5-6-15/h3-4,7,15H,5-6,12H2,1-2H3,(H,13,16). The Morgan fingerprint density at radius 2 is 2.25 bits per heavy atom. The second kappa shape index (κ2) is 5.37. The smallest absolute Gasteiger partial charge is 0.221 e. The molecule has 0 saturated carbocycles. The molecule has 16 heavy (non-hydrogen) atoms. The highest BCUT2D eigenvalue weighted by Gasteiger charge is 2.08. The molecule has 0 aromatic heterocycles. The third-order valence-electron chi connectivity index (χ3n) is 2.18. The monoisotopic (exact) mass is 223 g/mol. The van der Waals surface area contributed by atoms with Gasteiger partial charge in [0.05, 0.1) is 18.0 Å². The number of nitrogens with two attached hydrogens (primary N) is 1. The number of benzene rings is 1. The predicted molar refractivity (Wildman–Crippen MR) is 65.5 cm³/mol. The number of aliphatic hydroxyl groups is 1. The van der Waals surface area contributed by atoms with Crippen LogP contribution in [0.5, 0.6) is 0 Å². The van der Waals surface area contributed by atoms with Crippen molar-refractivity contribution in [1.82, 2.24) is 0 Å². The van der Waals surface area contributed by atoms with E-state index in [1.807, 2.05) is 18.0 Å². The fourth-order valence-corrected chi connectivity index (χ4v) is 1.45. The molecule has 88 valence electrons. The molecule has 0 atom stereocenters.